The summed E-state index contributed by atoms with van der Waals surface area (Å²) in [7, 11) is 2.23. The maximum absolute atomic E-state index is 5.89. The highest BCUT2D eigenvalue weighted by atomic mass is 35.5. The van der Waals surface area contributed by atoms with E-state index in [2.05, 4.69) is 29.4 Å². The zero-order valence-electron chi connectivity index (χ0n) is 11.2. The van der Waals surface area contributed by atoms with Gasteiger partial charge in [-0.25, -0.2) is 0 Å². The lowest BCUT2D eigenvalue weighted by molar-refractivity contribution is 0.245. The fourth-order valence-electron chi connectivity index (χ4n) is 2.58. The van der Waals surface area contributed by atoms with E-state index in [4.69, 9.17) is 11.6 Å². The lowest BCUT2D eigenvalue weighted by Crippen LogP contribution is -2.37. The molecule has 1 fully saturated rings. The van der Waals surface area contributed by atoms with Crippen LogP contribution in [-0.2, 0) is 6.42 Å². The molecular formula is C15H23ClN2. The highest BCUT2D eigenvalue weighted by Gasteiger charge is 2.14. The summed E-state index contributed by atoms with van der Waals surface area (Å²) in [5.74, 6) is 0.828. The van der Waals surface area contributed by atoms with Crippen LogP contribution in [0.2, 0.25) is 5.02 Å². The van der Waals surface area contributed by atoms with Crippen molar-refractivity contribution in [3.05, 3.63) is 34.9 Å². The first-order valence-electron chi connectivity index (χ1n) is 6.88. The van der Waals surface area contributed by atoms with Crippen LogP contribution in [-0.4, -0.2) is 38.1 Å². The quantitative estimate of drug-likeness (QED) is 0.882. The van der Waals surface area contributed by atoms with Crippen LogP contribution in [0.1, 0.15) is 18.4 Å². The van der Waals surface area contributed by atoms with Crippen LogP contribution in [0.3, 0.4) is 0 Å². The Kier molecular flexibility index (Phi) is 5.48. The van der Waals surface area contributed by atoms with Crippen molar-refractivity contribution < 1.29 is 0 Å². The summed E-state index contributed by atoms with van der Waals surface area (Å²) >= 11 is 5.89. The summed E-state index contributed by atoms with van der Waals surface area (Å²) in [5.41, 5.74) is 1.37. The molecule has 0 saturated carbocycles. The van der Waals surface area contributed by atoms with Gasteiger partial charge in [0, 0.05) is 18.1 Å². The summed E-state index contributed by atoms with van der Waals surface area (Å²) in [4.78, 5) is 2.45. The van der Waals surface area contributed by atoms with Crippen molar-refractivity contribution in [1.82, 2.24) is 10.2 Å². The number of piperidine rings is 1. The molecule has 0 spiro atoms. The minimum absolute atomic E-state index is 0.820. The van der Waals surface area contributed by atoms with E-state index in [0.717, 1.165) is 23.9 Å². The second kappa shape index (κ2) is 7.13. The average Bonchev–Trinajstić information content (AvgIpc) is 2.39. The average molecular weight is 267 g/mol. The Morgan fingerprint density at radius 1 is 1.33 bits per heavy atom. The number of nitrogens with zero attached hydrogens (tertiary/aromatic N) is 1. The Labute approximate surface area is 115 Å². The molecule has 0 aliphatic carbocycles. The van der Waals surface area contributed by atoms with Gasteiger partial charge in [-0.2, -0.15) is 0 Å². The van der Waals surface area contributed by atoms with Crippen molar-refractivity contribution in [3.63, 3.8) is 0 Å². The summed E-state index contributed by atoms with van der Waals surface area (Å²) < 4.78 is 0. The molecule has 18 heavy (non-hydrogen) atoms. The molecule has 1 unspecified atom stereocenters. The maximum Gasteiger partial charge on any atom is 0.0406 e. The van der Waals surface area contributed by atoms with E-state index in [9.17, 15) is 0 Å². The SMILES string of the molecule is CN(CCc1ccc(Cl)cc1)CC1CCCNC1. The zero-order chi connectivity index (χ0) is 12.8. The van der Waals surface area contributed by atoms with Crippen molar-refractivity contribution in [2.24, 2.45) is 5.92 Å². The van der Waals surface area contributed by atoms with Crippen molar-refractivity contribution in [1.29, 1.82) is 0 Å². The van der Waals surface area contributed by atoms with E-state index in [-0.39, 0.29) is 0 Å². The van der Waals surface area contributed by atoms with Gasteiger partial charge in [0.25, 0.3) is 0 Å². The molecule has 0 aromatic heterocycles. The van der Waals surface area contributed by atoms with E-state index in [1.165, 1.54) is 38.0 Å². The highest BCUT2D eigenvalue weighted by Crippen LogP contribution is 2.12. The number of hydrogen-bond acceptors (Lipinski definition) is 2. The van der Waals surface area contributed by atoms with E-state index < -0.39 is 0 Å². The number of rotatable bonds is 5. The van der Waals surface area contributed by atoms with Crippen molar-refractivity contribution in [2.75, 3.05) is 33.2 Å². The Morgan fingerprint density at radius 3 is 2.78 bits per heavy atom. The highest BCUT2D eigenvalue weighted by molar-refractivity contribution is 6.30. The molecule has 1 heterocycles. The molecule has 1 aliphatic heterocycles. The van der Waals surface area contributed by atoms with E-state index >= 15 is 0 Å². The van der Waals surface area contributed by atoms with Gasteiger partial charge in [-0.3, -0.25) is 0 Å². The van der Waals surface area contributed by atoms with E-state index in [0.29, 0.717) is 0 Å². The Bertz CT molecular complexity index is 344. The summed E-state index contributed by atoms with van der Waals surface area (Å²) in [6, 6.07) is 8.20. The number of halogens is 1. The molecule has 100 valence electrons. The van der Waals surface area contributed by atoms with Gasteiger partial charge in [0.05, 0.1) is 0 Å². The van der Waals surface area contributed by atoms with Gasteiger partial charge in [-0.05, 0) is 63.0 Å². The molecule has 1 aromatic carbocycles. The summed E-state index contributed by atoms with van der Waals surface area (Å²) in [6.07, 6.45) is 3.81. The van der Waals surface area contributed by atoms with Crippen molar-refractivity contribution in [3.8, 4) is 0 Å². The molecule has 0 bridgehead atoms. The van der Waals surface area contributed by atoms with Gasteiger partial charge in [0.2, 0.25) is 0 Å². The first-order valence-corrected chi connectivity index (χ1v) is 7.25. The minimum atomic E-state index is 0.820. The second-order valence-corrected chi connectivity index (χ2v) is 5.79. The Hall–Kier alpha value is -0.570. The van der Waals surface area contributed by atoms with Crippen molar-refractivity contribution in [2.45, 2.75) is 19.3 Å². The van der Waals surface area contributed by atoms with E-state index in [1.54, 1.807) is 0 Å². The monoisotopic (exact) mass is 266 g/mol. The molecule has 0 radical (unpaired) electrons. The molecular weight excluding hydrogens is 244 g/mol. The lowest BCUT2D eigenvalue weighted by Gasteiger charge is -2.27. The molecule has 0 amide bonds. The molecule has 1 aromatic rings. The summed E-state index contributed by atoms with van der Waals surface area (Å²) in [6.45, 7) is 4.72. The Morgan fingerprint density at radius 2 is 2.11 bits per heavy atom. The molecule has 1 aliphatic rings. The number of nitrogens with one attached hydrogen (secondary N) is 1. The van der Waals surface area contributed by atoms with Crippen LogP contribution in [0.15, 0.2) is 24.3 Å². The van der Waals surface area contributed by atoms with Crippen LogP contribution < -0.4 is 5.32 Å². The van der Waals surface area contributed by atoms with Crippen LogP contribution in [0, 0.1) is 5.92 Å². The first-order chi connectivity index (χ1) is 8.74. The number of hydrogen-bond donors (Lipinski definition) is 1. The number of likely N-dealkylation sites (N-methyl/N-ethyl adjacent to an activating group) is 1. The van der Waals surface area contributed by atoms with Gasteiger partial charge in [0.1, 0.15) is 0 Å². The third-order valence-electron chi connectivity index (χ3n) is 3.66. The number of benzene rings is 1. The topological polar surface area (TPSA) is 15.3 Å². The van der Waals surface area contributed by atoms with E-state index in [1.807, 2.05) is 12.1 Å². The van der Waals surface area contributed by atoms with Crippen LogP contribution in [0.4, 0.5) is 0 Å². The fraction of sp³-hybridized carbons (Fsp3) is 0.600. The van der Waals surface area contributed by atoms with Gasteiger partial charge >= 0.3 is 0 Å². The molecule has 1 N–H and O–H groups in total. The zero-order valence-corrected chi connectivity index (χ0v) is 11.9. The molecule has 1 saturated heterocycles. The Balaban J connectivity index is 1.70. The fourth-order valence-corrected chi connectivity index (χ4v) is 2.71. The normalized spacial score (nSPS) is 20.3. The van der Waals surface area contributed by atoms with Crippen LogP contribution >= 0.6 is 11.6 Å². The van der Waals surface area contributed by atoms with Gasteiger partial charge < -0.3 is 10.2 Å². The molecule has 3 heteroatoms. The maximum atomic E-state index is 5.89. The smallest absolute Gasteiger partial charge is 0.0406 e. The van der Waals surface area contributed by atoms with Gasteiger partial charge in [-0.15, -0.1) is 0 Å². The first kappa shape index (κ1) is 13.9. The molecule has 2 nitrogen and oxygen atoms in total. The standard InChI is InChI=1S/C15H23ClN2/c1-18(12-14-3-2-9-17-11-14)10-8-13-4-6-15(16)7-5-13/h4-7,14,17H,2-3,8-12H2,1H3. The predicted octanol–water partition coefficient (Wildman–Crippen LogP) is 2.81. The third-order valence-corrected chi connectivity index (χ3v) is 3.92. The third kappa shape index (κ3) is 4.60. The van der Waals surface area contributed by atoms with Gasteiger partial charge in [0.15, 0.2) is 0 Å². The van der Waals surface area contributed by atoms with Gasteiger partial charge in [-0.1, -0.05) is 23.7 Å². The van der Waals surface area contributed by atoms with Crippen LogP contribution in [0.25, 0.3) is 0 Å². The predicted molar refractivity (Wildman–Crippen MR) is 78.2 cm³/mol. The largest absolute Gasteiger partial charge is 0.316 e. The molecule has 2 rings (SSSR count). The molecule has 1 atom stereocenters. The van der Waals surface area contributed by atoms with Crippen molar-refractivity contribution >= 4 is 11.6 Å². The second-order valence-electron chi connectivity index (χ2n) is 5.35. The lowest BCUT2D eigenvalue weighted by atomic mass is 9.99. The van der Waals surface area contributed by atoms with Crippen LogP contribution in [0.5, 0.6) is 0 Å². The minimum Gasteiger partial charge on any atom is -0.316 e. The summed E-state index contributed by atoms with van der Waals surface area (Å²) in [5, 5.41) is 4.30.